The minimum absolute atomic E-state index is 0.390. The van der Waals surface area contributed by atoms with Crippen LogP contribution in [0.2, 0.25) is 0 Å². The summed E-state index contributed by atoms with van der Waals surface area (Å²) < 4.78 is 0. The van der Waals surface area contributed by atoms with Gasteiger partial charge in [0.2, 0.25) is 0 Å². The van der Waals surface area contributed by atoms with Crippen molar-refractivity contribution in [1.82, 2.24) is 0 Å². The van der Waals surface area contributed by atoms with E-state index >= 15 is 0 Å². The van der Waals surface area contributed by atoms with Gasteiger partial charge in [0.1, 0.15) is 0 Å². The first kappa shape index (κ1) is 18.7. The van der Waals surface area contributed by atoms with Crippen molar-refractivity contribution in [1.29, 1.82) is 0 Å². The molecule has 0 nitrogen and oxygen atoms in total. The summed E-state index contributed by atoms with van der Waals surface area (Å²) in [5.41, 5.74) is 9.33. The number of aryl methyl sites for hydroxylation is 1. The average Bonchev–Trinajstić information content (AvgIpc) is 3.05. The van der Waals surface area contributed by atoms with Crippen molar-refractivity contribution in [2.45, 2.75) is 91.4 Å². The predicted octanol–water partition coefficient (Wildman–Crippen LogP) is 8.13. The minimum atomic E-state index is 0.390. The van der Waals surface area contributed by atoms with Crippen molar-refractivity contribution >= 4 is 0 Å². The van der Waals surface area contributed by atoms with Gasteiger partial charge in [-0.05, 0) is 97.2 Å². The van der Waals surface area contributed by atoms with Gasteiger partial charge in [-0.2, -0.15) is 0 Å². The summed E-state index contributed by atoms with van der Waals surface area (Å²) in [5.74, 6) is 2.37. The summed E-state index contributed by atoms with van der Waals surface area (Å²) >= 11 is 0. The molecule has 0 heteroatoms. The minimum Gasteiger partial charge on any atom is -0.0801 e. The molecule has 150 valence electrons. The predicted molar refractivity (Wildman–Crippen MR) is 119 cm³/mol. The van der Waals surface area contributed by atoms with Crippen molar-refractivity contribution in [3.05, 3.63) is 58.2 Å². The zero-order valence-corrected chi connectivity index (χ0v) is 18.5. The maximum atomic E-state index is 2.68. The van der Waals surface area contributed by atoms with E-state index in [1.165, 1.54) is 68.9 Å². The highest BCUT2D eigenvalue weighted by molar-refractivity contribution is 5.50. The Labute approximate surface area is 172 Å². The summed E-state index contributed by atoms with van der Waals surface area (Å²) in [6.45, 7) is 9.93. The van der Waals surface area contributed by atoms with E-state index in [0.29, 0.717) is 16.7 Å². The van der Waals surface area contributed by atoms with Crippen LogP contribution in [0.3, 0.4) is 0 Å². The average molecular weight is 375 g/mol. The molecular weight excluding hydrogens is 336 g/mol. The van der Waals surface area contributed by atoms with Crippen LogP contribution in [0, 0.1) is 29.6 Å². The van der Waals surface area contributed by atoms with E-state index in [1.807, 2.05) is 11.1 Å². The smallest absolute Gasteiger partial charge is 0.00357 e. The summed E-state index contributed by atoms with van der Waals surface area (Å²) in [5, 5.41) is 0. The van der Waals surface area contributed by atoms with Gasteiger partial charge in [0.25, 0.3) is 0 Å². The molecule has 5 atom stereocenters. The monoisotopic (exact) mass is 374 g/mol. The third kappa shape index (κ3) is 2.62. The molecule has 0 spiro atoms. The molecule has 4 aliphatic carbocycles. The van der Waals surface area contributed by atoms with Gasteiger partial charge in [0.05, 0.1) is 0 Å². The number of rotatable bonds is 2. The Morgan fingerprint density at radius 3 is 2.50 bits per heavy atom. The van der Waals surface area contributed by atoms with Crippen molar-refractivity contribution in [2.75, 3.05) is 0 Å². The Bertz CT molecular complexity index is 822. The molecule has 1 aromatic carbocycles. The van der Waals surface area contributed by atoms with Crippen LogP contribution in [0.4, 0.5) is 0 Å². The third-order valence-corrected chi connectivity index (χ3v) is 9.63. The molecule has 0 aromatic heterocycles. The van der Waals surface area contributed by atoms with Crippen LogP contribution in [-0.4, -0.2) is 0 Å². The summed E-state index contributed by atoms with van der Waals surface area (Å²) in [7, 11) is 0. The molecule has 0 radical (unpaired) electrons. The molecule has 0 aliphatic heterocycles. The number of benzene rings is 1. The fourth-order valence-corrected chi connectivity index (χ4v) is 7.78. The molecule has 1 saturated carbocycles. The van der Waals surface area contributed by atoms with Crippen molar-refractivity contribution in [2.24, 2.45) is 22.7 Å². The number of hydrogen-bond donors (Lipinski definition) is 0. The van der Waals surface area contributed by atoms with Gasteiger partial charge in [0, 0.05) is 0 Å². The topological polar surface area (TPSA) is 0 Å². The molecule has 1 fully saturated rings. The second-order valence-electron chi connectivity index (χ2n) is 10.9. The molecule has 0 N–H and O–H groups in total. The first-order chi connectivity index (χ1) is 13.4. The van der Waals surface area contributed by atoms with Crippen LogP contribution in [0.25, 0.3) is 0 Å². The molecule has 0 saturated heterocycles. The Hall–Kier alpha value is -1.30. The van der Waals surface area contributed by atoms with E-state index in [1.54, 1.807) is 5.57 Å². The van der Waals surface area contributed by atoms with Crippen molar-refractivity contribution < 1.29 is 0 Å². The van der Waals surface area contributed by atoms with Crippen LogP contribution in [-0.2, 0) is 0 Å². The van der Waals surface area contributed by atoms with Crippen LogP contribution in [0.15, 0.2) is 47.1 Å². The number of allylic oxidation sites excluding steroid dienone is 4. The first-order valence-corrected chi connectivity index (χ1v) is 11.9. The maximum absolute atomic E-state index is 2.68. The maximum Gasteiger partial charge on any atom is -0.00357 e. The zero-order valence-electron chi connectivity index (χ0n) is 18.5. The molecule has 0 heterocycles. The van der Waals surface area contributed by atoms with Gasteiger partial charge >= 0.3 is 0 Å². The fraction of sp³-hybridized carbons (Fsp3) is 0.643. The van der Waals surface area contributed by atoms with E-state index in [-0.39, 0.29) is 0 Å². The summed E-state index contributed by atoms with van der Waals surface area (Å²) in [6.07, 6.45) is 15.4. The largest absolute Gasteiger partial charge is 0.0801 e. The molecule has 1 aromatic rings. The third-order valence-electron chi connectivity index (χ3n) is 9.63. The van der Waals surface area contributed by atoms with Gasteiger partial charge in [-0.25, -0.2) is 0 Å². The standard InChI is InChI=1S/C28H38/c1-19-8-10-21(11-9-19)20(2)24-14-15-25-23-13-12-22-7-5-6-17-27(22,3)26(23)16-18-28(24,25)4/h8-11,15,20,22,24H,5-7,12-14,16-18H2,1-4H3/t20-,22+,24+,27-,28+/m0/s1. The molecule has 0 bridgehead atoms. The normalized spacial score (nSPS) is 38.4. The molecule has 4 aliphatic rings. The molecule has 0 unspecified atom stereocenters. The van der Waals surface area contributed by atoms with Crippen LogP contribution < -0.4 is 0 Å². The Balaban J connectivity index is 1.47. The van der Waals surface area contributed by atoms with Gasteiger partial charge in [0.15, 0.2) is 0 Å². The van der Waals surface area contributed by atoms with Crippen LogP contribution in [0.5, 0.6) is 0 Å². The second-order valence-corrected chi connectivity index (χ2v) is 10.9. The van der Waals surface area contributed by atoms with Gasteiger partial charge in [-0.1, -0.05) is 75.1 Å². The van der Waals surface area contributed by atoms with Crippen LogP contribution >= 0.6 is 0 Å². The number of fused-ring (bicyclic) bond motifs is 4. The Morgan fingerprint density at radius 2 is 1.71 bits per heavy atom. The lowest BCUT2D eigenvalue weighted by molar-refractivity contribution is 0.114. The molecular formula is C28H38. The van der Waals surface area contributed by atoms with Gasteiger partial charge < -0.3 is 0 Å². The lowest BCUT2D eigenvalue weighted by Crippen LogP contribution is -2.41. The highest BCUT2D eigenvalue weighted by Gasteiger charge is 2.52. The Kier molecular flexibility index (Phi) is 4.42. The zero-order chi connectivity index (χ0) is 19.5. The van der Waals surface area contributed by atoms with Crippen molar-refractivity contribution in [3.8, 4) is 0 Å². The quantitative estimate of drug-likeness (QED) is 0.490. The van der Waals surface area contributed by atoms with E-state index in [0.717, 1.165) is 11.8 Å². The first-order valence-electron chi connectivity index (χ1n) is 11.9. The summed E-state index contributed by atoms with van der Waals surface area (Å²) in [6, 6.07) is 9.35. The van der Waals surface area contributed by atoms with Crippen LogP contribution in [0.1, 0.15) is 95.6 Å². The van der Waals surface area contributed by atoms with E-state index in [4.69, 9.17) is 0 Å². The number of hydrogen-bond acceptors (Lipinski definition) is 0. The summed E-state index contributed by atoms with van der Waals surface area (Å²) in [4.78, 5) is 0. The second kappa shape index (κ2) is 6.61. The van der Waals surface area contributed by atoms with Gasteiger partial charge in [-0.15, -0.1) is 0 Å². The molecule has 5 rings (SSSR count). The lowest BCUT2D eigenvalue weighted by Gasteiger charge is -2.53. The van der Waals surface area contributed by atoms with E-state index < -0.39 is 0 Å². The fourth-order valence-electron chi connectivity index (χ4n) is 7.78. The molecule has 28 heavy (non-hydrogen) atoms. The highest BCUT2D eigenvalue weighted by atomic mass is 14.6. The van der Waals surface area contributed by atoms with Crippen molar-refractivity contribution in [3.63, 3.8) is 0 Å². The molecule has 0 amide bonds. The Morgan fingerprint density at radius 1 is 0.929 bits per heavy atom. The SMILES string of the molecule is Cc1ccc([C@H](C)[C@H]2CC=C3C4=C(CC[C@@]32C)[C@@]2(C)CCCC[C@@H]2CC4)cc1. The van der Waals surface area contributed by atoms with E-state index in [2.05, 4.69) is 58.0 Å². The van der Waals surface area contributed by atoms with Gasteiger partial charge in [-0.3, -0.25) is 0 Å². The lowest BCUT2D eigenvalue weighted by atomic mass is 9.51. The van der Waals surface area contributed by atoms with E-state index in [9.17, 15) is 0 Å². The highest BCUT2D eigenvalue weighted by Crippen LogP contribution is 2.64.